The third-order valence-electron chi connectivity index (χ3n) is 4.01. The van der Waals surface area contributed by atoms with Gasteiger partial charge in [-0.1, -0.05) is 18.2 Å². The minimum absolute atomic E-state index is 0.147. The highest BCUT2D eigenvalue weighted by Crippen LogP contribution is 2.32. The van der Waals surface area contributed by atoms with Crippen molar-refractivity contribution in [1.82, 2.24) is 0 Å². The van der Waals surface area contributed by atoms with Gasteiger partial charge in [0.15, 0.2) is 0 Å². The third kappa shape index (κ3) is 3.65. The summed E-state index contributed by atoms with van der Waals surface area (Å²) in [6, 6.07) is 10.7. The molecule has 0 saturated carbocycles. The van der Waals surface area contributed by atoms with Crippen LogP contribution >= 0.6 is 0 Å². The molecule has 2 aromatic carbocycles. The topological polar surface area (TPSA) is 93.1 Å². The first kappa shape index (κ1) is 17.7. The monoisotopic (exact) mass is 332 g/mol. The zero-order chi connectivity index (χ0) is 17.7. The number of esters is 1. The molecule has 0 fully saturated rings. The van der Waals surface area contributed by atoms with Gasteiger partial charge in [-0.05, 0) is 41.5 Å². The quantitative estimate of drug-likeness (QED) is 0.755. The van der Waals surface area contributed by atoms with Crippen molar-refractivity contribution in [3.05, 3.63) is 42.0 Å². The number of carboxylic acid groups (broad SMARTS) is 1. The van der Waals surface area contributed by atoms with E-state index in [4.69, 9.17) is 14.6 Å². The van der Waals surface area contributed by atoms with Crippen LogP contribution in [0.3, 0.4) is 0 Å². The fourth-order valence-corrected chi connectivity index (χ4v) is 2.49. The Morgan fingerprint density at radius 1 is 1.12 bits per heavy atom. The van der Waals surface area contributed by atoms with Crippen LogP contribution in [0, 0.1) is 0 Å². The lowest BCUT2D eigenvalue weighted by atomic mass is 9.79. The van der Waals surface area contributed by atoms with E-state index in [1.165, 1.54) is 6.92 Å². The molecular weight excluding hydrogens is 312 g/mol. The molecule has 0 spiro atoms. The van der Waals surface area contributed by atoms with Gasteiger partial charge in [-0.25, -0.2) is 0 Å². The maximum absolute atomic E-state index is 11.8. The lowest BCUT2D eigenvalue weighted by molar-refractivity contribution is -0.153. The van der Waals surface area contributed by atoms with Crippen LogP contribution in [0.25, 0.3) is 10.8 Å². The van der Waals surface area contributed by atoms with Gasteiger partial charge in [0.25, 0.3) is 0 Å². The number of benzene rings is 2. The molecule has 0 aliphatic rings. The van der Waals surface area contributed by atoms with Crippen molar-refractivity contribution in [2.24, 2.45) is 0 Å². The van der Waals surface area contributed by atoms with Crippen molar-refractivity contribution in [2.45, 2.75) is 18.8 Å². The first-order chi connectivity index (χ1) is 11.4. The van der Waals surface area contributed by atoms with Crippen LogP contribution in [0.1, 0.15) is 18.9 Å². The van der Waals surface area contributed by atoms with Crippen LogP contribution in [-0.2, 0) is 19.7 Å². The molecule has 0 heterocycles. The highest BCUT2D eigenvalue weighted by atomic mass is 16.5. The van der Waals surface area contributed by atoms with Crippen LogP contribution < -0.4 is 4.74 Å². The fraction of sp³-hybridized carbons (Fsp3) is 0.333. The summed E-state index contributed by atoms with van der Waals surface area (Å²) >= 11 is 0. The Balaban J connectivity index is 2.38. The molecule has 24 heavy (non-hydrogen) atoms. The summed E-state index contributed by atoms with van der Waals surface area (Å²) in [5.74, 6) is -1.07. The van der Waals surface area contributed by atoms with E-state index < -0.39 is 17.4 Å². The molecule has 6 heteroatoms. The minimum Gasteiger partial charge on any atom is -0.497 e. The predicted molar refractivity (Wildman–Crippen MR) is 88.1 cm³/mol. The molecular formula is C18H20O6. The van der Waals surface area contributed by atoms with Gasteiger partial charge in [-0.15, -0.1) is 0 Å². The number of carboxylic acids is 1. The number of hydrogen-bond donors (Lipinski definition) is 2. The second-order valence-corrected chi connectivity index (χ2v) is 5.69. The number of aliphatic carboxylic acids is 1. The normalized spacial score (nSPS) is 13.3. The van der Waals surface area contributed by atoms with Crippen molar-refractivity contribution in [3.63, 3.8) is 0 Å². The smallest absolute Gasteiger partial charge is 0.314 e. The van der Waals surface area contributed by atoms with E-state index in [2.05, 4.69) is 0 Å². The Labute approximate surface area is 139 Å². The summed E-state index contributed by atoms with van der Waals surface area (Å²) in [5.41, 5.74) is -0.908. The maximum Gasteiger partial charge on any atom is 0.314 e. The van der Waals surface area contributed by atoms with E-state index in [1.54, 1.807) is 31.4 Å². The van der Waals surface area contributed by atoms with Crippen molar-refractivity contribution in [2.75, 3.05) is 20.3 Å². The van der Waals surface area contributed by atoms with Gasteiger partial charge in [-0.2, -0.15) is 0 Å². The molecule has 0 amide bonds. The summed E-state index contributed by atoms with van der Waals surface area (Å²) in [6.07, 6.45) is -0.315. The lowest BCUT2D eigenvalue weighted by Crippen LogP contribution is -2.35. The van der Waals surface area contributed by atoms with Gasteiger partial charge in [0.05, 0.1) is 20.1 Å². The van der Waals surface area contributed by atoms with Gasteiger partial charge >= 0.3 is 11.9 Å². The van der Waals surface area contributed by atoms with Crippen molar-refractivity contribution < 1.29 is 29.3 Å². The summed E-state index contributed by atoms with van der Waals surface area (Å²) in [6.45, 7) is 1.04. The number of rotatable bonds is 7. The summed E-state index contributed by atoms with van der Waals surface area (Å²) in [7, 11) is 1.58. The van der Waals surface area contributed by atoms with E-state index in [0.29, 0.717) is 11.3 Å². The van der Waals surface area contributed by atoms with Crippen LogP contribution in [0.4, 0.5) is 0 Å². The molecule has 1 unspecified atom stereocenters. The molecule has 2 N–H and O–H groups in total. The molecule has 2 rings (SSSR count). The first-order valence-electron chi connectivity index (χ1n) is 7.49. The Morgan fingerprint density at radius 3 is 2.42 bits per heavy atom. The Morgan fingerprint density at radius 2 is 1.79 bits per heavy atom. The molecule has 1 atom stereocenters. The third-order valence-corrected chi connectivity index (χ3v) is 4.01. The average molecular weight is 332 g/mol. The SMILES string of the molecule is COc1ccc2cc(C(C)(CC(=O)OCCO)C(=O)O)ccc2c1. The summed E-state index contributed by atoms with van der Waals surface area (Å²) < 4.78 is 9.98. The van der Waals surface area contributed by atoms with E-state index in [-0.39, 0.29) is 19.6 Å². The highest BCUT2D eigenvalue weighted by Gasteiger charge is 2.38. The van der Waals surface area contributed by atoms with Crippen molar-refractivity contribution in [1.29, 1.82) is 0 Å². The minimum atomic E-state index is -1.42. The van der Waals surface area contributed by atoms with E-state index in [0.717, 1.165) is 10.8 Å². The number of aliphatic hydroxyl groups is 1. The lowest BCUT2D eigenvalue weighted by Gasteiger charge is -2.24. The van der Waals surface area contributed by atoms with Gasteiger partial charge in [0, 0.05) is 0 Å². The number of hydrogen-bond acceptors (Lipinski definition) is 5. The first-order valence-corrected chi connectivity index (χ1v) is 7.49. The standard InChI is InChI=1S/C18H20O6/c1-18(17(21)22,11-16(20)24-8-7-19)14-5-3-13-10-15(23-2)6-4-12(13)9-14/h3-6,9-10,19H,7-8,11H2,1-2H3,(H,21,22). The molecule has 6 nitrogen and oxygen atoms in total. The molecule has 0 bridgehead atoms. The van der Waals surface area contributed by atoms with Gasteiger partial charge in [-0.3, -0.25) is 9.59 Å². The predicted octanol–water partition coefficient (Wildman–Crippen LogP) is 2.12. The van der Waals surface area contributed by atoms with Crippen LogP contribution in [0.15, 0.2) is 36.4 Å². The van der Waals surface area contributed by atoms with E-state index in [9.17, 15) is 14.7 Å². The molecule has 0 aliphatic heterocycles. The van der Waals surface area contributed by atoms with Gasteiger partial charge < -0.3 is 19.7 Å². The molecule has 0 aliphatic carbocycles. The van der Waals surface area contributed by atoms with E-state index >= 15 is 0 Å². The molecule has 2 aromatic rings. The molecule has 128 valence electrons. The highest BCUT2D eigenvalue weighted by molar-refractivity contribution is 5.90. The van der Waals surface area contributed by atoms with Gasteiger partial charge in [0.1, 0.15) is 17.8 Å². The fourth-order valence-electron chi connectivity index (χ4n) is 2.49. The Kier molecular flexibility index (Phi) is 5.41. The number of methoxy groups -OCH3 is 1. The number of aliphatic hydroxyl groups excluding tert-OH is 1. The number of carbonyl (C=O) groups excluding carboxylic acids is 1. The second kappa shape index (κ2) is 7.31. The Bertz CT molecular complexity index is 754. The zero-order valence-electron chi connectivity index (χ0n) is 13.6. The summed E-state index contributed by atoms with van der Waals surface area (Å²) in [4.78, 5) is 23.6. The van der Waals surface area contributed by atoms with Gasteiger partial charge in [0.2, 0.25) is 0 Å². The van der Waals surface area contributed by atoms with E-state index in [1.807, 2.05) is 12.1 Å². The van der Waals surface area contributed by atoms with Crippen molar-refractivity contribution in [3.8, 4) is 5.75 Å². The Hall–Kier alpha value is -2.60. The van der Waals surface area contributed by atoms with Crippen LogP contribution in [0.2, 0.25) is 0 Å². The number of ether oxygens (including phenoxy) is 2. The van der Waals surface area contributed by atoms with Crippen molar-refractivity contribution >= 4 is 22.7 Å². The largest absolute Gasteiger partial charge is 0.497 e. The average Bonchev–Trinajstić information content (AvgIpc) is 2.58. The zero-order valence-corrected chi connectivity index (χ0v) is 13.6. The number of carbonyl (C=O) groups is 2. The summed E-state index contributed by atoms with van der Waals surface area (Å²) in [5, 5.41) is 20.1. The molecule has 0 aromatic heterocycles. The number of fused-ring (bicyclic) bond motifs is 1. The molecule has 0 saturated heterocycles. The van der Waals surface area contributed by atoms with Crippen LogP contribution in [-0.4, -0.2) is 42.5 Å². The molecule has 0 radical (unpaired) electrons. The van der Waals surface area contributed by atoms with Crippen LogP contribution in [0.5, 0.6) is 5.75 Å². The maximum atomic E-state index is 11.8. The second-order valence-electron chi connectivity index (χ2n) is 5.69.